The fraction of sp³-hybridized carbons (Fsp3) is 0.250. The van der Waals surface area contributed by atoms with Crippen LogP contribution in [0.1, 0.15) is 5.56 Å². The summed E-state index contributed by atoms with van der Waals surface area (Å²) in [4.78, 5) is 34.3. The van der Waals surface area contributed by atoms with Crippen molar-refractivity contribution in [3.8, 4) is 16.3 Å². The summed E-state index contributed by atoms with van der Waals surface area (Å²) in [6.07, 6.45) is 0. The van der Waals surface area contributed by atoms with Gasteiger partial charge < -0.3 is 14.5 Å². The number of anilines is 1. The Labute approximate surface area is 205 Å². The fourth-order valence-corrected chi connectivity index (χ4v) is 4.76. The van der Waals surface area contributed by atoms with Crippen LogP contribution in [0.3, 0.4) is 0 Å². The minimum absolute atomic E-state index is 0.0319. The number of halogens is 1. The topological polar surface area (TPSA) is 80.0 Å². The Morgan fingerprint density at radius 1 is 1.06 bits per heavy atom. The van der Waals surface area contributed by atoms with E-state index in [4.69, 9.17) is 16.3 Å². The normalized spacial score (nSPS) is 13.9. The molecule has 0 atom stereocenters. The number of carbonyl (C=O) groups is 1. The Kier molecular flexibility index (Phi) is 6.21. The first kappa shape index (κ1) is 22.4. The van der Waals surface area contributed by atoms with Gasteiger partial charge in [-0.15, -0.1) is 0 Å². The molecular formula is C24H22ClN5O3S. The number of nitrogens with zero attached hydrogens (tertiary/aromatic N) is 5. The van der Waals surface area contributed by atoms with Gasteiger partial charge in [0.15, 0.2) is 6.61 Å². The largest absolute Gasteiger partial charge is 0.484 e. The third kappa shape index (κ3) is 4.76. The van der Waals surface area contributed by atoms with Gasteiger partial charge in [-0.3, -0.25) is 9.59 Å². The first-order chi connectivity index (χ1) is 16.5. The summed E-state index contributed by atoms with van der Waals surface area (Å²) in [5.74, 6) is 1.13. The summed E-state index contributed by atoms with van der Waals surface area (Å²) in [5, 5.41) is 5.82. The summed E-state index contributed by atoms with van der Waals surface area (Å²) < 4.78 is 6.92. The van der Waals surface area contributed by atoms with Crippen LogP contribution in [-0.2, 0) is 4.79 Å². The number of aryl methyl sites for hydroxylation is 1. The smallest absolute Gasteiger partial charge is 0.277 e. The van der Waals surface area contributed by atoms with Crippen molar-refractivity contribution < 1.29 is 9.53 Å². The fourth-order valence-electron chi connectivity index (χ4n) is 3.73. The number of hydrogen-bond acceptors (Lipinski definition) is 7. The number of amides is 1. The van der Waals surface area contributed by atoms with Crippen LogP contribution in [0.4, 0.5) is 5.82 Å². The highest BCUT2D eigenvalue weighted by Gasteiger charge is 2.23. The van der Waals surface area contributed by atoms with E-state index in [9.17, 15) is 9.59 Å². The second kappa shape index (κ2) is 9.44. The molecule has 4 aromatic rings. The van der Waals surface area contributed by atoms with Crippen molar-refractivity contribution in [1.82, 2.24) is 19.5 Å². The average molecular weight is 496 g/mol. The van der Waals surface area contributed by atoms with Gasteiger partial charge in [-0.1, -0.05) is 52.8 Å². The summed E-state index contributed by atoms with van der Waals surface area (Å²) in [7, 11) is 0. The first-order valence-corrected chi connectivity index (χ1v) is 12.0. The van der Waals surface area contributed by atoms with Gasteiger partial charge in [0.1, 0.15) is 16.6 Å². The summed E-state index contributed by atoms with van der Waals surface area (Å²) in [6, 6.07) is 16.4. The lowest BCUT2D eigenvalue weighted by Crippen LogP contribution is -2.50. The molecule has 5 rings (SSSR count). The molecule has 0 bridgehead atoms. The molecule has 8 nitrogen and oxygen atoms in total. The van der Waals surface area contributed by atoms with Gasteiger partial charge in [0.25, 0.3) is 11.5 Å². The van der Waals surface area contributed by atoms with Crippen LogP contribution in [-0.4, -0.2) is 58.2 Å². The number of piperazine rings is 1. The molecule has 0 saturated carbocycles. The van der Waals surface area contributed by atoms with Gasteiger partial charge in [0.05, 0.1) is 0 Å². The number of benzene rings is 2. The molecule has 0 aliphatic carbocycles. The molecule has 1 amide bonds. The Morgan fingerprint density at radius 2 is 1.76 bits per heavy atom. The quantitative estimate of drug-likeness (QED) is 0.421. The van der Waals surface area contributed by atoms with E-state index in [1.54, 1.807) is 29.2 Å². The number of carbonyl (C=O) groups excluding carboxylic acids is 1. The second-order valence-electron chi connectivity index (χ2n) is 8.03. The van der Waals surface area contributed by atoms with Crippen molar-refractivity contribution in [3.63, 3.8) is 0 Å². The van der Waals surface area contributed by atoms with E-state index in [-0.39, 0.29) is 18.1 Å². The van der Waals surface area contributed by atoms with Crippen LogP contribution < -0.4 is 15.2 Å². The molecule has 0 radical (unpaired) electrons. The molecule has 0 unspecified atom stereocenters. The monoisotopic (exact) mass is 495 g/mol. The SMILES string of the molecule is Cc1ccc(-c2nn3c(=O)cc(N4CCN(C(=O)COc5ccc(Cl)cc5)CC4)nc3s2)cc1. The maximum absolute atomic E-state index is 12.7. The molecule has 1 saturated heterocycles. The van der Waals surface area contributed by atoms with E-state index in [1.807, 2.05) is 36.1 Å². The van der Waals surface area contributed by atoms with Crippen molar-refractivity contribution in [1.29, 1.82) is 0 Å². The van der Waals surface area contributed by atoms with Gasteiger partial charge in [-0.05, 0) is 31.2 Å². The Bertz CT molecular complexity index is 1380. The summed E-state index contributed by atoms with van der Waals surface area (Å²) in [5.41, 5.74) is 1.90. The van der Waals surface area contributed by atoms with Gasteiger partial charge in [-0.25, -0.2) is 4.98 Å². The molecule has 174 valence electrons. The molecular weight excluding hydrogens is 474 g/mol. The molecule has 2 aromatic heterocycles. The maximum Gasteiger partial charge on any atom is 0.277 e. The summed E-state index contributed by atoms with van der Waals surface area (Å²) >= 11 is 7.26. The van der Waals surface area contributed by atoms with E-state index in [0.717, 1.165) is 16.1 Å². The van der Waals surface area contributed by atoms with Gasteiger partial charge >= 0.3 is 0 Å². The van der Waals surface area contributed by atoms with Crippen LogP contribution in [0.2, 0.25) is 5.02 Å². The number of ether oxygens (including phenoxy) is 1. The van der Waals surface area contributed by atoms with Crippen molar-refractivity contribution >= 4 is 39.6 Å². The second-order valence-corrected chi connectivity index (χ2v) is 9.42. The predicted octanol–water partition coefficient (Wildman–Crippen LogP) is 3.51. The van der Waals surface area contributed by atoms with Gasteiger partial charge in [0, 0.05) is 42.8 Å². The van der Waals surface area contributed by atoms with E-state index in [0.29, 0.717) is 47.7 Å². The highest BCUT2D eigenvalue weighted by molar-refractivity contribution is 7.19. The van der Waals surface area contributed by atoms with Crippen LogP contribution in [0.25, 0.3) is 15.5 Å². The lowest BCUT2D eigenvalue weighted by atomic mass is 10.2. The molecule has 2 aromatic carbocycles. The zero-order valence-corrected chi connectivity index (χ0v) is 20.1. The van der Waals surface area contributed by atoms with Crippen LogP contribution >= 0.6 is 22.9 Å². The number of fused-ring (bicyclic) bond motifs is 1. The highest BCUT2D eigenvalue weighted by atomic mass is 35.5. The van der Waals surface area contributed by atoms with Crippen LogP contribution in [0.5, 0.6) is 5.75 Å². The van der Waals surface area contributed by atoms with E-state index >= 15 is 0 Å². The highest BCUT2D eigenvalue weighted by Crippen LogP contribution is 2.25. The molecule has 0 spiro atoms. The predicted molar refractivity (Wildman–Crippen MR) is 133 cm³/mol. The molecule has 1 aliphatic rings. The molecule has 10 heteroatoms. The third-order valence-corrected chi connectivity index (χ3v) is 6.87. The Balaban J connectivity index is 1.24. The summed E-state index contributed by atoms with van der Waals surface area (Å²) in [6.45, 7) is 4.22. The number of rotatable bonds is 5. The molecule has 34 heavy (non-hydrogen) atoms. The van der Waals surface area contributed by atoms with Crippen molar-refractivity contribution in [3.05, 3.63) is 75.5 Å². The average Bonchev–Trinajstić information content (AvgIpc) is 3.29. The number of hydrogen-bond donors (Lipinski definition) is 0. The minimum atomic E-state index is -0.218. The zero-order valence-electron chi connectivity index (χ0n) is 18.5. The van der Waals surface area contributed by atoms with Gasteiger partial charge in [-0.2, -0.15) is 9.61 Å². The van der Waals surface area contributed by atoms with Crippen LogP contribution in [0, 0.1) is 6.92 Å². The van der Waals surface area contributed by atoms with E-state index in [1.165, 1.54) is 21.9 Å². The molecule has 1 fully saturated rings. The van der Waals surface area contributed by atoms with Crippen molar-refractivity contribution in [2.45, 2.75) is 6.92 Å². The Hall–Kier alpha value is -3.43. The third-order valence-electron chi connectivity index (χ3n) is 5.66. The van der Waals surface area contributed by atoms with Crippen molar-refractivity contribution in [2.24, 2.45) is 0 Å². The zero-order chi connectivity index (χ0) is 23.7. The van der Waals surface area contributed by atoms with E-state index in [2.05, 4.69) is 10.1 Å². The lowest BCUT2D eigenvalue weighted by Gasteiger charge is -2.35. The lowest BCUT2D eigenvalue weighted by molar-refractivity contribution is -0.133. The van der Waals surface area contributed by atoms with Gasteiger partial charge in [0.2, 0.25) is 4.96 Å². The Morgan fingerprint density at radius 3 is 2.47 bits per heavy atom. The first-order valence-electron chi connectivity index (χ1n) is 10.9. The van der Waals surface area contributed by atoms with Crippen LogP contribution in [0.15, 0.2) is 59.4 Å². The molecule has 3 heterocycles. The maximum atomic E-state index is 12.7. The molecule has 1 aliphatic heterocycles. The molecule has 0 N–H and O–H groups in total. The van der Waals surface area contributed by atoms with Crippen molar-refractivity contribution in [2.75, 3.05) is 37.7 Å². The minimum Gasteiger partial charge on any atom is -0.484 e. The van der Waals surface area contributed by atoms with E-state index < -0.39 is 0 Å². The standard InChI is InChI=1S/C24H22ClN5O3S/c1-16-2-4-17(5-3-16)23-27-30-21(31)14-20(26-24(30)34-23)28-10-12-29(13-11-28)22(32)15-33-19-8-6-18(25)7-9-19/h2-9,14H,10-13,15H2,1H3. The number of aromatic nitrogens is 3.